The highest BCUT2D eigenvalue weighted by atomic mass is 79.9. The second-order valence-electron chi connectivity index (χ2n) is 5.39. The van der Waals surface area contributed by atoms with Crippen LogP contribution in [0, 0.1) is 0 Å². The number of rotatable bonds is 14. The molecule has 0 aliphatic heterocycles. The Kier molecular flexibility index (Phi) is 14.0. The largest absolute Gasteiger partial charge is 0.481 e. The fraction of sp³-hybridized carbons (Fsp3) is 0.875. The van der Waals surface area contributed by atoms with E-state index in [0.29, 0.717) is 0 Å². The maximum atomic E-state index is 11.6. The molecule has 0 radical (unpaired) electrons. The van der Waals surface area contributed by atoms with Crippen molar-refractivity contribution < 1.29 is 19.4 Å². The summed E-state index contributed by atoms with van der Waals surface area (Å²) in [4.78, 5) is 22.1. The number of aliphatic carboxylic acids is 1. The van der Waals surface area contributed by atoms with E-state index in [1.54, 1.807) is 0 Å². The Morgan fingerprint density at radius 1 is 1.00 bits per heavy atom. The molecule has 0 aromatic heterocycles. The van der Waals surface area contributed by atoms with Gasteiger partial charge in [-0.3, -0.25) is 9.59 Å². The summed E-state index contributed by atoms with van der Waals surface area (Å²) in [7, 11) is 0. The van der Waals surface area contributed by atoms with Crippen LogP contribution in [0.5, 0.6) is 0 Å². The topological polar surface area (TPSA) is 63.6 Å². The summed E-state index contributed by atoms with van der Waals surface area (Å²) < 4.78 is 5.44. The summed E-state index contributed by atoms with van der Waals surface area (Å²) in [5.74, 6) is -1.33. The molecule has 21 heavy (non-hydrogen) atoms. The van der Waals surface area contributed by atoms with Gasteiger partial charge in [-0.25, -0.2) is 0 Å². The minimum Gasteiger partial charge on any atom is -0.481 e. The molecule has 0 spiro atoms. The van der Waals surface area contributed by atoms with Gasteiger partial charge in [0.1, 0.15) is 6.10 Å². The number of carbonyl (C=O) groups is 2. The van der Waals surface area contributed by atoms with Crippen LogP contribution >= 0.6 is 15.9 Å². The van der Waals surface area contributed by atoms with Crippen molar-refractivity contribution in [2.24, 2.45) is 0 Å². The maximum Gasteiger partial charge on any atom is 0.306 e. The lowest BCUT2D eigenvalue weighted by Crippen LogP contribution is -2.19. The first-order valence-electron chi connectivity index (χ1n) is 8.07. The van der Waals surface area contributed by atoms with Gasteiger partial charge >= 0.3 is 11.9 Å². The standard InChI is InChI=1S/C16H29BrO4/c1-2-3-6-9-14(10-7-4-5-8-13-17)21-16(20)12-11-15(18)19/h14H,2-13H2,1H3,(H,18,19). The molecule has 0 saturated carbocycles. The monoisotopic (exact) mass is 364 g/mol. The van der Waals surface area contributed by atoms with E-state index in [4.69, 9.17) is 9.84 Å². The summed E-state index contributed by atoms with van der Waals surface area (Å²) in [6.45, 7) is 2.15. The first-order chi connectivity index (χ1) is 10.1. The zero-order chi connectivity index (χ0) is 15.9. The summed E-state index contributed by atoms with van der Waals surface area (Å²) in [5.41, 5.74) is 0. The van der Waals surface area contributed by atoms with Crippen molar-refractivity contribution in [3.05, 3.63) is 0 Å². The number of halogens is 1. The van der Waals surface area contributed by atoms with Gasteiger partial charge in [0, 0.05) is 5.33 Å². The summed E-state index contributed by atoms with van der Waals surface area (Å²) in [6.07, 6.45) is 9.52. The third-order valence-electron chi connectivity index (χ3n) is 3.38. The Labute approximate surface area is 136 Å². The van der Waals surface area contributed by atoms with E-state index in [2.05, 4.69) is 22.9 Å². The van der Waals surface area contributed by atoms with Crippen molar-refractivity contribution >= 4 is 27.9 Å². The van der Waals surface area contributed by atoms with E-state index < -0.39 is 5.97 Å². The van der Waals surface area contributed by atoms with E-state index in [0.717, 1.165) is 50.3 Å². The first kappa shape index (κ1) is 20.4. The second kappa shape index (κ2) is 14.4. The number of esters is 1. The normalized spacial score (nSPS) is 12.1. The molecule has 0 fully saturated rings. The van der Waals surface area contributed by atoms with E-state index >= 15 is 0 Å². The highest BCUT2D eigenvalue weighted by Crippen LogP contribution is 2.16. The van der Waals surface area contributed by atoms with Gasteiger partial charge in [-0.2, -0.15) is 0 Å². The zero-order valence-electron chi connectivity index (χ0n) is 13.1. The average molecular weight is 365 g/mol. The summed E-state index contributed by atoms with van der Waals surface area (Å²) in [5, 5.41) is 9.62. The number of hydrogen-bond donors (Lipinski definition) is 1. The maximum absolute atomic E-state index is 11.6. The van der Waals surface area contributed by atoms with Crippen LogP contribution < -0.4 is 0 Å². The zero-order valence-corrected chi connectivity index (χ0v) is 14.7. The van der Waals surface area contributed by atoms with Crippen LogP contribution in [-0.4, -0.2) is 28.5 Å². The molecule has 1 N–H and O–H groups in total. The van der Waals surface area contributed by atoms with Gasteiger partial charge in [-0.15, -0.1) is 0 Å². The Hall–Kier alpha value is -0.580. The van der Waals surface area contributed by atoms with Crippen LogP contribution in [0.25, 0.3) is 0 Å². The highest BCUT2D eigenvalue weighted by Gasteiger charge is 2.15. The quantitative estimate of drug-likeness (QED) is 0.276. The van der Waals surface area contributed by atoms with Gasteiger partial charge in [0.15, 0.2) is 0 Å². The van der Waals surface area contributed by atoms with Gasteiger partial charge in [0.05, 0.1) is 12.8 Å². The summed E-state index contributed by atoms with van der Waals surface area (Å²) >= 11 is 3.42. The lowest BCUT2D eigenvalue weighted by atomic mass is 10.0. The Morgan fingerprint density at radius 2 is 1.62 bits per heavy atom. The van der Waals surface area contributed by atoms with E-state index in [1.807, 2.05) is 0 Å². The predicted molar refractivity (Wildman–Crippen MR) is 87.8 cm³/mol. The smallest absolute Gasteiger partial charge is 0.306 e. The van der Waals surface area contributed by atoms with Gasteiger partial charge in [-0.05, 0) is 32.1 Å². The fourth-order valence-corrected chi connectivity index (χ4v) is 2.55. The molecule has 1 unspecified atom stereocenters. The number of hydrogen-bond acceptors (Lipinski definition) is 3. The van der Waals surface area contributed by atoms with Crippen LogP contribution in [0.2, 0.25) is 0 Å². The number of alkyl halides is 1. The SMILES string of the molecule is CCCCCC(CCCCCCBr)OC(=O)CCC(=O)O. The van der Waals surface area contributed by atoms with E-state index in [1.165, 1.54) is 12.8 Å². The van der Waals surface area contributed by atoms with E-state index in [9.17, 15) is 9.59 Å². The van der Waals surface area contributed by atoms with Crippen molar-refractivity contribution in [3.8, 4) is 0 Å². The average Bonchev–Trinajstić information content (AvgIpc) is 2.45. The highest BCUT2D eigenvalue weighted by molar-refractivity contribution is 9.09. The molecule has 0 aliphatic rings. The van der Waals surface area contributed by atoms with Crippen molar-refractivity contribution in [2.45, 2.75) is 83.7 Å². The Balaban J connectivity index is 3.99. The number of unbranched alkanes of at least 4 members (excludes halogenated alkanes) is 5. The number of carboxylic acid groups (broad SMARTS) is 1. The van der Waals surface area contributed by atoms with Crippen LogP contribution in [-0.2, 0) is 14.3 Å². The Bertz CT molecular complexity index is 281. The third-order valence-corrected chi connectivity index (χ3v) is 3.94. The molecule has 1 atom stereocenters. The molecular formula is C16H29BrO4. The molecular weight excluding hydrogens is 336 g/mol. The van der Waals surface area contributed by atoms with Crippen LogP contribution in [0.15, 0.2) is 0 Å². The molecule has 4 nitrogen and oxygen atoms in total. The molecule has 0 aliphatic carbocycles. The molecule has 0 aromatic carbocycles. The first-order valence-corrected chi connectivity index (χ1v) is 9.19. The summed E-state index contributed by atoms with van der Waals surface area (Å²) in [6, 6.07) is 0. The molecule has 0 amide bonds. The number of carbonyl (C=O) groups excluding carboxylic acids is 1. The molecule has 0 saturated heterocycles. The molecule has 0 rings (SSSR count). The van der Waals surface area contributed by atoms with Crippen LogP contribution in [0.3, 0.4) is 0 Å². The van der Waals surface area contributed by atoms with Crippen molar-refractivity contribution in [1.82, 2.24) is 0 Å². The fourth-order valence-electron chi connectivity index (χ4n) is 2.16. The second-order valence-corrected chi connectivity index (χ2v) is 6.19. The predicted octanol–water partition coefficient (Wildman–Crippen LogP) is 4.69. The lowest BCUT2D eigenvalue weighted by Gasteiger charge is -2.17. The van der Waals surface area contributed by atoms with Crippen molar-refractivity contribution in [2.75, 3.05) is 5.33 Å². The van der Waals surface area contributed by atoms with Crippen LogP contribution in [0.1, 0.15) is 77.6 Å². The third kappa shape index (κ3) is 14.1. The minimum absolute atomic E-state index is 0.0246. The van der Waals surface area contributed by atoms with Crippen LogP contribution in [0.4, 0.5) is 0 Å². The minimum atomic E-state index is -0.954. The Morgan fingerprint density at radius 3 is 2.19 bits per heavy atom. The number of carboxylic acids is 1. The van der Waals surface area contributed by atoms with Gasteiger partial charge in [0.25, 0.3) is 0 Å². The lowest BCUT2D eigenvalue weighted by molar-refractivity contribution is -0.152. The molecule has 0 heterocycles. The number of ether oxygens (including phenoxy) is 1. The van der Waals surface area contributed by atoms with Gasteiger partial charge in [-0.1, -0.05) is 48.5 Å². The van der Waals surface area contributed by atoms with Crippen molar-refractivity contribution in [1.29, 1.82) is 0 Å². The van der Waals surface area contributed by atoms with Gasteiger partial charge < -0.3 is 9.84 Å². The molecule has 5 heteroatoms. The molecule has 0 bridgehead atoms. The van der Waals surface area contributed by atoms with Crippen molar-refractivity contribution in [3.63, 3.8) is 0 Å². The molecule has 0 aromatic rings. The van der Waals surface area contributed by atoms with Gasteiger partial charge in [0.2, 0.25) is 0 Å². The van der Waals surface area contributed by atoms with E-state index in [-0.39, 0.29) is 24.9 Å². The molecule has 124 valence electrons.